The Labute approximate surface area is 201 Å². The summed E-state index contributed by atoms with van der Waals surface area (Å²) in [5.74, 6) is 1.67. The summed E-state index contributed by atoms with van der Waals surface area (Å²) in [6.07, 6.45) is 10.5. The molecule has 0 aliphatic carbocycles. The van der Waals surface area contributed by atoms with Crippen molar-refractivity contribution in [2.24, 2.45) is 10.9 Å². The van der Waals surface area contributed by atoms with Crippen LogP contribution in [0.15, 0.2) is 29.1 Å². The summed E-state index contributed by atoms with van der Waals surface area (Å²) in [7, 11) is 0. The molecule has 1 N–H and O–H groups in total. The molecule has 2 aliphatic heterocycles. The molecular weight excluding hydrogens is 509 g/mol. The van der Waals surface area contributed by atoms with Crippen molar-refractivity contribution in [2.45, 2.75) is 45.6 Å². The summed E-state index contributed by atoms with van der Waals surface area (Å²) in [6, 6.07) is 0.441. The maximum Gasteiger partial charge on any atom is 0.193 e. The zero-order chi connectivity index (χ0) is 20.1. The van der Waals surface area contributed by atoms with Gasteiger partial charge in [-0.05, 0) is 32.1 Å². The fourth-order valence-electron chi connectivity index (χ4n) is 4.26. The zero-order valence-corrected chi connectivity index (χ0v) is 21.2. The van der Waals surface area contributed by atoms with Crippen molar-refractivity contribution in [1.29, 1.82) is 0 Å². The van der Waals surface area contributed by atoms with Gasteiger partial charge < -0.3 is 19.7 Å². The third-order valence-electron chi connectivity index (χ3n) is 6.01. The number of guanidine groups is 1. The lowest BCUT2D eigenvalue weighted by atomic mass is 9.93. The van der Waals surface area contributed by atoms with Crippen LogP contribution >= 0.6 is 35.3 Å². The number of thiazole rings is 1. The summed E-state index contributed by atoms with van der Waals surface area (Å²) in [5.41, 5.74) is 1.17. The molecule has 0 aromatic carbocycles. The SMILES string of the molecule is CCNC(=NCCc1csc(N2CCCC2)n1)N1CCC(C)C(n2ccnc2)C1.I. The molecular formula is C21H34IN7S. The topological polar surface area (TPSA) is 61.6 Å². The monoisotopic (exact) mass is 543 g/mol. The van der Waals surface area contributed by atoms with E-state index in [-0.39, 0.29) is 24.0 Å². The smallest absolute Gasteiger partial charge is 0.193 e. The van der Waals surface area contributed by atoms with Crippen LogP contribution in [0.4, 0.5) is 5.13 Å². The quantitative estimate of drug-likeness (QED) is 0.343. The number of aliphatic imine (C=N–C) groups is 1. The van der Waals surface area contributed by atoms with Crippen molar-refractivity contribution in [2.75, 3.05) is 44.2 Å². The van der Waals surface area contributed by atoms with Gasteiger partial charge in [0.25, 0.3) is 0 Å². The van der Waals surface area contributed by atoms with Crippen LogP contribution < -0.4 is 10.2 Å². The number of nitrogens with one attached hydrogen (secondary N) is 1. The van der Waals surface area contributed by atoms with E-state index in [0.717, 1.165) is 51.6 Å². The normalized spacial score (nSPS) is 22.3. The highest BCUT2D eigenvalue weighted by atomic mass is 127. The maximum atomic E-state index is 4.94. The van der Waals surface area contributed by atoms with Gasteiger partial charge in [0.1, 0.15) is 0 Å². The van der Waals surface area contributed by atoms with Crippen molar-refractivity contribution in [3.8, 4) is 0 Å². The Balaban J connectivity index is 0.00000256. The van der Waals surface area contributed by atoms with Crippen LogP contribution in [-0.2, 0) is 6.42 Å². The van der Waals surface area contributed by atoms with E-state index in [0.29, 0.717) is 12.0 Å². The van der Waals surface area contributed by atoms with Crippen molar-refractivity contribution in [1.82, 2.24) is 24.8 Å². The van der Waals surface area contributed by atoms with Crippen molar-refractivity contribution < 1.29 is 0 Å². The van der Waals surface area contributed by atoms with Crippen LogP contribution in [0.2, 0.25) is 0 Å². The van der Waals surface area contributed by atoms with Gasteiger partial charge in [-0.3, -0.25) is 4.99 Å². The largest absolute Gasteiger partial charge is 0.357 e. The number of rotatable bonds is 6. The number of halogens is 1. The minimum absolute atomic E-state index is 0. The van der Waals surface area contributed by atoms with E-state index in [4.69, 9.17) is 9.98 Å². The molecule has 166 valence electrons. The Kier molecular flexibility index (Phi) is 8.79. The molecule has 4 heterocycles. The predicted molar refractivity (Wildman–Crippen MR) is 135 cm³/mol. The average molecular weight is 544 g/mol. The standard InChI is InChI=1S/C21H33N7S.HI/c1-3-23-20(27-12-7-17(2)19(14-27)28-13-9-22-16-28)24-8-6-18-15-29-21(25-18)26-10-4-5-11-26;/h9,13,15-17,19H,3-8,10-12,14H2,1-2H3,(H,23,24);1H. The van der Waals surface area contributed by atoms with Gasteiger partial charge in [-0.15, -0.1) is 35.3 Å². The summed E-state index contributed by atoms with van der Waals surface area (Å²) in [4.78, 5) is 18.8. The molecule has 2 atom stereocenters. The molecule has 2 saturated heterocycles. The Hall–Kier alpha value is -1.36. The highest BCUT2D eigenvalue weighted by molar-refractivity contribution is 14.0. The summed E-state index contributed by atoms with van der Waals surface area (Å²) >= 11 is 1.77. The lowest BCUT2D eigenvalue weighted by molar-refractivity contribution is 0.189. The number of nitrogens with zero attached hydrogens (tertiary/aromatic N) is 6. The molecule has 30 heavy (non-hydrogen) atoms. The van der Waals surface area contributed by atoms with Gasteiger partial charge in [0.15, 0.2) is 11.1 Å². The van der Waals surface area contributed by atoms with Crippen molar-refractivity contribution in [3.05, 3.63) is 29.8 Å². The van der Waals surface area contributed by atoms with Gasteiger partial charge in [0, 0.05) is 63.5 Å². The second-order valence-electron chi connectivity index (χ2n) is 8.09. The van der Waals surface area contributed by atoms with Crippen LogP contribution in [0.1, 0.15) is 44.8 Å². The Morgan fingerprint density at radius 3 is 2.87 bits per heavy atom. The molecule has 0 saturated carbocycles. The number of piperidine rings is 1. The fraction of sp³-hybridized carbons (Fsp3) is 0.667. The third kappa shape index (κ3) is 5.66. The van der Waals surface area contributed by atoms with Crippen LogP contribution in [0, 0.1) is 5.92 Å². The first-order valence-electron chi connectivity index (χ1n) is 10.9. The van der Waals surface area contributed by atoms with E-state index >= 15 is 0 Å². The predicted octanol–water partition coefficient (Wildman–Crippen LogP) is 3.65. The molecule has 4 rings (SSSR count). The number of imidazole rings is 1. The van der Waals surface area contributed by atoms with E-state index < -0.39 is 0 Å². The molecule has 2 unspecified atom stereocenters. The van der Waals surface area contributed by atoms with Gasteiger partial charge >= 0.3 is 0 Å². The Bertz CT molecular complexity index is 785. The molecule has 0 amide bonds. The Morgan fingerprint density at radius 2 is 2.13 bits per heavy atom. The fourth-order valence-corrected chi connectivity index (χ4v) is 5.18. The van der Waals surface area contributed by atoms with Crippen LogP contribution in [-0.4, -0.2) is 64.7 Å². The number of hydrogen-bond acceptors (Lipinski definition) is 5. The Morgan fingerprint density at radius 1 is 1.30 bits per heavy atom. The highest BCUT2D eigenvalue weighted by Gasteiger charge is 2.28. The van der Waals surface area contributed by atoms with Crippen LogP contribution in [0.25, 0.3) is 0 Å². The molecule has 2 fully saturated rings. The second kappa shape index (κ2) is 11.3. The van der Waals surface area contributed by atoms with E-state index in [9.17, 15) is 0 Å². The van der Waals surface area contributed by atoms with E-state index in [1.54, 1.807) is 11.3 Å². The van der Waals surface area contributed by atoms with Gasteiger partial charge in [-0.25, -0.2) is 9.97 Å². The number of aromatic nitrogens is 3. The first-order valence-corrected chi connectivity index (χ1v) is 11.8. The second-order valence-corrected chi connectivity index (χ2v) is 8.93. The summed E-state index contributed by atoms with van der Waals surface area (Å²) < 4.78 is 2.25. The molecule has 0 bridgehead atoms. The van der Waals surface area contributed by atoms with Crippen LogP contribution in [0.5, 0.6) is 0 Å². The van der Waals surface area contributed by atoms with Gasteiger partial charge in [-0.2, -0.15) is 0 Å². The lowest BCUT2D eigenvalue weighted by Gasteiger charge is -2.39. The van der Waals surface area contributed by atoms with Gasteiger partial charge in [0.2, 0.25) is 0 Å². The lowest BCUT2D eigenvalue weighted by Crippen LogP contribution is -2.49. The molecule has 9 heteroatoms. The van der Waals surface area contributed by atoms with E-state index in [2.05, 4.69) is 50.1 Å². The minimum atomic E-state index is 0. The highest BCUT2D eigenvalue weighted by Crippen LogP contribution is 2.27. The van der Waals surface area contributed by atoms with E-state index in [1.807, 2.05) is 12.5 Å². The first-order chi connectivity index (χ1) is 14.2. The number of likely N-dealkylation sites (tertiary alicyclic amines) is 1. The maximum absolute atomic E-state index is 4.94. The molecule has 2 aromatic heterocycles. The molecule has 0 spiro atoms. The third-order valence-corrected chi connectivity index (χ3v) is 6.96. The van der Waals surface area contributed by atoms with E-state index in [1.165, 1.54) is 30.1 Å². The van der Waals surface area contributed by atoms with Gasteiger partial charge in [-0.1, -0.05) is 6.92 Å². The molecule has 2 aliphatic rings. The number of hydrogen-bond donors (Lipinski definition) is 1. The molecule has 7 nitrogen and oxygen atoms in total. The minimum Gasteiger partial charge on any atom is -0.357 e. The molecule has 0 radical (unpaired) electrons. The van der Waals surface area contributed by atoms with Crippen molar-refractivity contribution >= 4 is 46.4 Å². The number of anilines is 1. The summed E-state index contributed by atoms with van der Waals surface area (Å²) in [6.45, 7) is 10.5. The van der Waals surface area contributed by atoms with Crippen molar-refractivity contribution in [3.63, 3.8) is 0 Å². The van der Waals surface area contributed by atoms with Gasteiger partial charge in [0.05, 0.1) is 18.1 Å². The zero-order valence-electron chi connectivity index (χ0n) is 18.0. The summed E-state index contributed by atoms with van der Waals surface area (Å²) in [5, 5.41) is 6.88. The van der Waals surface area contributed by atoms with Crippen LogP contribution in [0.3, 0.4) is 0 Å². The first kappa shape index (κ1) is 23.3. The average Bonchev–Trinajstić information content (AvgIpc) is 3.49. The molecule has 2 aromatic rings.